The van der Waals surface area contributed by atoms with E-state index in [1.54, 1.807) is 0 Å². The summed E-state index contributed by atoms with van der Waals surface area (Å²) < 4.78 is 34.0. The molecule has 126 valence electrons. The largest absolute Gasteiger partial charge is 0.464 e. The van der Waals surface area contributed by atoms with Gasteiger partial charge in [-0.3, -0.25) is 4.79 Å². The number of methoxy groups -OCH3 is 1. The summed E-state index contributed by atoms with van der Waals surface area (Å²) in [6.07, 6.45) is 0. The Morgan fingerprint density at radius 3 is 2.83 bits per heavy atom. The Kier molecular flexibility index (Phi) is 3.86. The SMILES string of the molecule is COC(=O)c1nnn2c1C(=O)NC(C)(c1cc(Br)cc(F)c1F)C2. The fourth-order valence-electron chi connectivity index (χ4n) is 2.64. The number of carbonyl (C=O) groups excluding carboxylic acids is 2. The van der Waals surface area contributed by atoms with Gasteiger partial charge in [0, 0.05) is 10.0 Å². The van der Waals surface area contributed by atoms with Crippen LogP contribution in [0.5, 0.6) is 0 Å². The highest BCUT2D eigenvalue weighted by molar-refractivity contribution is 9.10. The van der Waals surface area contributed by atoms with Crippen molar-refractivity contribution in [2.75, 3.05) is 7.11 Å². The van der Waals surface area contributed by atoms with Gasteiger partial charge in [-0.2, -0.15) is 0 Å². The molecular formula is C14H11BrF2N4O3. The Bertz CT molecular complexity index is 870. The molecule has 0 saturated carbocycles. The fourth-order valence-corrected chi connectivity index (χ4v) is 3.07. The molecule has 1 amide bonds. The van der Waals surface area contributed by atoms with Crippen LogP contribution in [0, 0.1) is 11.6 Å². The summed E-state index contributed by atoms with van der Waals surface area (Å²) in [7, 11) is 1.15. The lowest BCUT2D eigenvalue weighted by atomic mass is 9.89. The highest BCUT2D eigenvalue weighted by Gasteiger charge is 2.41. The van der Waals surface area contributed by atoms with Crippen molar-refractivity contribution >= 4 is 27.8 Å². The summed E-state index contributed by atoms with van der Waals surface area (Å²) >= 11 is 3.10. The third-order valence-corrected chi connectivity index (χ3v) is 4.23. The minimum atomic E-state index is -1.28. The summed E-state index contributed by atoms with van der Waals surface area (Å²) in [6, 6.07) is 2.37. The van der Waals surface area contributed by atoms with Crippen LogP contribution < -0.4 is 5.32 Å². The van der Waals surface area contributed by atoms with E-state index >= 15 is 0 Å². The van der Waals surface area contributed by atoms with Gasteiger partial charge in [-0.15, -0.1) is 5.10 Å². The Morgan fingerprint density at radius 1 is 1.46 bits per heavy atom. The maximum Gasteiger partial charge on any atom is 0.361 e. The molecule has 24 heavy (non-hydrogen) atoms. The van der Waals surface area contributed by atoms with E-state index in [4.69, 9.17) is 0 Å². The van der Waals surface area contributed by atoms with Crippen molar-refractivity contribution in [1.29, 1.82) is 0 Å². The number of ether oxygens (including phenoxy) is 1. The third-order valence-electron chi connectivity index (χ3n) is 3.77. The van der Waals surface area contributed by atoms with E-state index in [1.807, 2.05) is 0 Å². The number of amides is 1. The van der Waals surface area contributed by atoms with Crippen LogP contribution in [-0.4, -0.2) is 34.0 Å². The van der Waals surface area contributed by atoms with E-state index in [9.17, 15) is 18.4 Å². The molecular weight excluding hydrogens is 390 g/mol. The zero-order valence-corrected chi connectivity index (χ0v) is 14.1. The Hall–Kier alpha value is -2.36. The van der Waals surface area contributed by atoms with Crippen molar-refractivity contribution in [3.8, 4) is 0 Å². The third kappa shape index (κ3) is 2.46. The highest BCUT2D eigenvalue weighted by Crippen LogP contribution is 2.32. The molecule has 3 rings (SSSR count). The number of benzene rings is 1. The van der Waals surface area contributed by atoms with Crippen LogP contribution in [0.15, 0.2) is 16.6 Å². The zero-order valence-electron chi connectivity index (χ0n) is 12.6. The number of hydrogen-bond acceptors (Lipinski definition) is 5. The Balaban J connectivity index is 2.10. The normalized spacial score (nSPS) is 19.6. The second-order valence-electron chi connectivity index (χ2n) is 5.47. The van der Waals surface area contributed by atoms with E-state index in [2.05, 4.69) is 36.3 Å². The fraction of sp³-hybridized carbons (Fsp3) is 0.286. The van der Waals surface area contributed by atoms with Gasteiger partial charge in [0.1, 0.15) is 0 Å². The molecule has 0 radical (unpaired) electrons. The highest BCUT2D eigenvalue weighted by atomic mass is 79.9. The van der Waals surface area contributed by atoms with Crippen LogP contribution in [0.4, 0.5) is 8.78 Å². The number of fused-ring (bicyclic) bond motifs is 1. The number of halogens is 3. The predicted molar refractivity (Wildman–Crippen MR) is 80.2 cm³/mol. The van der Waals surface area contributed by atoms with Gasteiger partial charge >= 0.3 is 5.97 Å². The van der Waals surface area contributed by atoms with Crippen molar-refractivity contribution < 1.29 is 23.1 Å². The minimum absolute atomic E-state index is 0.0368. The van der Waals surface area contributed by atoms with E-state index < -0.39 is 29.0 Å². The molecule has 0 bridgehead atoms. The average Bonchev–Trinajstić information content (AvgIpc) is 2.93. The van der Waals surface area contributed by atoms with Crippen molar-refractivity contribution in [1.82, 2.24) is 20.3 Å². The molecule has 0 spiro atoms. The van der Waals surface area contributed by atoms with E-state index in [0.717, 1.165) is 13.2 Å². The van der Waals surface area contributed by atoms with Crippen molar-refractivity contribution in [3.05, 3.63) is 45.2 Å². The van der Waals surface area contributed by atoms with Crippen LogP contribution >= 0.6 is 15.9 Å². The second kappa shape index (κ2) is 5.62. The first kappa shape index (κ1) is 16.5. The van der Waals surface area contributed by atoms with Gasteiger partial charge in [0.15, 0.2) is 17.3 Å². The maximum absolute atomic E-state index is 14.2. The minimum Gasteiger partial charge on any atom is -0.464 e. The molecule has 1 aliphatic heterocycles. The van der Waals surface area contributed by atoms with Crippen LogP contribution in [0.1, 0.15) is 33.5 Å². The number of carbonyl (C=O) groups is 2. The average molecular weight is 401 g/mol. The van der Waals surface area contributed by atoms with Crippen molar-refractivity contribution in [3.63, 3.8) is 0 Å². The number of nitrogens with one attached hydrogen (secondary N) is 1. The Morgan fingerprint density at radius 2 is 2.17 bits per heavy atom. The van der Waals surface area contributed by atoms with Crippen LogP contribution in [0.25, 0.3) is 0 Å². The van der Waals surface area contributed by atoms with Gasteiger partial charge in [-0.25, -0.2) is 18.3 Å². The van der Waals surface area contributed by atoms with Gasteiger partial charge in [-0.05, 0) is 19.1 Å². The van der Waals surface area contributed by atoms with Crippen LogP contribution in [-0.2, 0) is 16.8 Å². The molecule has 1 N–H and O–H groups in total. The maximum atomic E-state index is 14.2. The zero-order chi connectivity index (χ0) is 17.6. The lowest BCUT2D eigenvalue weighted by Gasteiger charge is -2.35. The molecule has 1 aromatic carbocycles. The van der Waals surface area contributed by atoms with Crippen molar-refractivity contribution in [2.24, 2.45) is 0 Å². The quantitative estimate of drug-likeness (QED) is 0.613. The van der Waals surface area contributed by atoms with E-state index in [1.165, 1.54) is 17.7 Å². The molecule has 1 unspecified atom stereocenters. The number of rotatable bonds is 2. The molecule has 0 fully saturated rings. The molecule has 7 nitrogen and oxygen atoms in total. The molecule has 1 atom stereocenters. The molecule has 0 saturated heterocycles. The summed E-state index contributed by atoms with van der Waals surface area (Å²) in [4.78, 5) is 24.0. The van der Waals surface area contributed by atoms with Gasteiger partial charge < -0.3 is 10.1 Å². The van der Waals surface area contributed by atoms with Crippen molar-refractivity contribution in [2.45, 2.75) is 19.0 Å². The smallest absolute Gasteiger partial charge is 0.361 e. The van der Waals surface area contributed by atoms with Gasteiger partial charge in [0.25, 0.3) is 5.91 Å². The molecule has 10 heteroatoms. The predicted octanol–water partition coefficient (Wildman–Crippen LogP) is 1.76. The number of aromatic nitrogens is 3. The first-order chi connectivity index (χ1) is 11.3. The van der Waals surface area contributed by atoms with Gasteiger partial charge in [0.2, 0.25) is 5.69 Å². The molecule has 2 heterocycles. The first-order valence-electron chi connectivity index (χ1n) is 6.76. The van der Waals surface area contributed by atoms with E-state index in [0.29, 0.717) is 4.47 Å². The molecule has 2 aromatic rings. The lowest BCUT2D eigenvalue weighted by molar-refractivity contribution is 0.0586. The second-order valence-corrected chi connectivity index (χ2v) is 6.39. The molecule has 0 aliphatic carbocycles. The lowest BCUT2D eigenvalue weighted by Crippen LogP contribution is -2.52. The molecule has 1 aliphatic rings. The van der Waals surface area contributed by atoms with Crippen LogP contribution in [0.2, 0.25) is 0 Å². The summed E-state index contributed by atoms with van der Waals surface area (Å²) in [6.45, 7) is 1.49. The van der Waals surface area contributed by atoms with Gasteiger partial charge in [0.05, 0.1) is 19.2 Å². The Labute approximate surface area is 143 Å². The van der Waals surface area contributed by atoms with Crippen LogP contribution in [0.3, 0.4) is 0 Å². The first-order valence-corrected chi connectivity index (χ1v) is 7.55. The van der Waals surface area contributed by atoms with Gasteiger partial charge in [-0.1, -0.05) is 21.1 Å². The monoisotopic (exact) mass is 400 g/mol. The van der Waals surface area contributed by atoms with E-state index in [-0.39, 0.29) is 23.5 Å². The number of hydrogen-bond donors (Lipinski definition) is 1. The number of esters is 1. The topological polar surface area (TPSA) is 86.1 Å². The molecule has 1 aromatic heterocycles. The summed E-state index contributed by atoms with van der Waals surface area (Å²) in [5, 5.41) is 9.98. The summed E-state index contributed by atoms with van der Waals surface area (Å²) in [5.74, 6) is -3.61. The number of nitrogens with zero attached hydrogens (tertiary/aromatic N) is 3. The standard InChI is InChI=1S/C14H11BrF2N4O3/c1-14(7-3-6(15)4-8(16)9(7)17)5-21-11(12(22)18-14)10(19-20-21)13(23)24-2/h3-4H,5H2,1-2H3,(H,18,22). The summed E-state index contributed by atoms with van der Waals surface area (Å²) in [5.41, 5.74) is -1.66.